The van der Waals surface area contributed by atoms with E-state index in [1.54, 1.807) is 35.9 Å². The quantitative estimate of drug-likeness (QED) is 0.705. The van der Waals surface area contributed by atoms with Crippen LogP contribution in [0, 0.1) is 4.91 Å². The summed E-state index contributed by atoms with van der Waals surface area (Å²) in [4.78, 5) is 16.6. The number of benzene rings is 2. The number of hydrogen-bond acceptors (Lipinski definition) is 4. The molecule has 1 aliphatic rings. The molecule has 0 fully saturated rings. The highest BCUT2D eigenvalue weighted by Gasteiger charge is 2.26. The molecule has 1 heterocycles. The molecule has 0 aliphatic carbocycles. The van der Waals surface area contributed by atoms with Crippen molar-refractivity contribution in [3.8, 4) is 0 Å². The van der Waals surface area contributed by atoms with Gasteiger partial charge in [0.15, 0.2) is 5.03 Å². The molecule has 5 heteroatoms. The lowest BCUT2D eigenvalue weighted by Gasteiger charge is -2.08. The van der Waals surface area contributed by atoms with Crippen LogP contribution in [-0.4, -0.2) is 16.3 Å². The number of nitroso groups, excluding NO2 is 1. The molecule has 0 amide bonds. The van der Waals surface area contributed by atoms with E-state index >= 15 is 0 Å². The lowest BCUT2D eigenvalue weighted by atomic mass is 10.2. The largest absolute Gasteiger partial charge is 0.288 e. The topological polar surface area (TPSA) is 32.4 Å². The van der Waals surface area contributed by atoms with Crippen molar-refractivity contribution in [3.63, 3.8) is 0 Å². The Hall–Kier alpha value is -1.85. The summed E-state index contributed by atoms with van der Waals surface area (Å²) in [6.07, 6.45) is 3.34. The summed E-state index contributed by atoms with van der Waals surface area (Å²) >= 11 is 3.17. The van der Waals surface area contributed by atoms with Crippen LogP contribution < -0.4 is 0 Å². The Bertz CT molecular complexity index is 714. The summed E-state index contributed by atoms with van der Waals surface area (Å²) in [5, 5.41) is 0.511. The second kappa shape index (κ2) is 8.13. The normalized spacial score (nSPS) is 17.1. The van der Waals surface area contributed by atoms with Gasteiger partial charge in [0, 0.05) is 16.4 Å². The molecular formula is C18H17N2OS2+. The molecule has 0 bridgehead atoms. The van der Waals surface area contributed by atoms with Crippen LogP contribution in [0.5, 0.6) is 0 Å². The molecule has 2 aromatic rings. The molecule has 116 valence electrons. The summed E-state index contributed by atoms with van der Waals surface area (Å²) in [5.41, 5.74) is 2.44. The molecule has 0 spiro atoms. The first-order chi connectivity index (χ1) is 11.3. The Labute approximate surface area is 144 Å². The Kier molecular flexibility index (Phi) is 5.66. The van der Waals surface area contributed by atoms with Crippen molar-refractivity contribution in [1.82, 2.24) is 0 Å². The van der Waals surface area contributed by atoms with Crippen molar-refractivity contribution >= 4 is 29.7 Å². The Morgan fingerprint density at radius 1 is 0.913 bits per heavy atom. The van der Waals surface area contributed by atoms with Gasteiger partial charge in [-0.05, 0) is 11.1 Å². The lowest BCUT2D eigenvalue weighted by molar-refractivity contribution is -0.477. The molecule has 0 saturated heterocycles. The van der Waals surface area contributed by atoms with E-state index in [9.17, 15) is 4.91 Å². The first-order valence-electron chi connectivity index (χ1n) is 7.35. The van der Waals surface area contributed by atoms with Gasteiger partial charge in [-0.25, -0.2) is 4.99 Å². The first-order valence-corrected chi connectivity index (χ1v) is 9.38. The maximum Gasteiger partial charge on any atom is 0.288 e. The zero-order valence-electron chi connectivity index (χ0n) is 12.5. The van der Waals surface area contributed by atoms with Gasteiger partial charge in [0.1, 0.15) is 0 Å². The predicted octanol–water partition coefficient (Wildman–Crippen LogP) is 4.84. The van der Waals surface area contributed by atoms with Crippen molar-refractivity contribution in [3.05, 3.63) is 87.9 Å². The van der Waals surface area contributed by atoms with Crippen molar-refractivity contribution in [1.29, 1.82) is 0 Å². The number of rotatable bonds is 6. The molecule has 0 N–H and O–H groups in total. The summed E-state index contributed by atoms with van der Waals surface area (Å²) < 4.78 is 0.994. The Balaban J connectivity index is 1.51. The molecule has 1 aliphatic heterocycles. The van der Waals surface area contributed by atoms with E-state index in [1.807, 2.05) is 36.4 Å². The molecule has 23 heavy (non-hydrogen) atoms. The number of thioether (sulfide) groups is 2. The highest BCUT2D eigenvalue weighted by Crippen LogP contribution is 2.27. The van der Waals surface area contributed by atoms with Gasteiger partial charge in [0.05, 0.1) is 11.0 Å². The molecule has 0 radical (unpaired) electrons. The fourth-order valence-electron chi connectivity index (χ4n) is 2.10. The smallest absolute Gasteiger partial charge is 0.240 e. The van der Waals surface area contributed by atoms with Crippen LogP contribution in [0.1, 0.15) is 11.1 Å². The van der Waals surface area contributed by atoms with Crippen LogP contribution in [-0.2, 0) is 11.5 Å². The fourth-order valence-corrected chi connectivity index (χ4v) is 3.83. The summed E-state index contributed by atoms with van der Waals surface area (Å²) in [6.45, 7) is 0. The summed E-state index contributed by atoms with van der Waals surface area (Å²) in [6, 6.07) is 20.3. The van der Waals surface area contributed by atoms with Crippen molar-refractivity contribution in [2.45, 2.75) is 16.9 Å². The summed E-state index contributed by atoms with van der Waals surface area (Å²) in [7, 11) is 0. The average Bonchev–Trinajstić information content (AvgIpc) is 2.61. The van der Waals surface area contributed by atoms with E-state index in [4.69, 9.17) is 0 Å². The minimum Gasteiger partial charge on any atom is -0.240 e. The van der Waals surface area contributed by atoms with Crippen molar-refractivity contribution in [2.75, 3.05) is 0 Å². The SMILES string of the molecule is O=[N+]1C=C(SCc2ccccc2)N=CC1SCc1ccccc1. The summed E-state index contributed by atoms with van der Waals surface area (Å²) in [5.74, 6) is 1.62. The molecule has 1 unspecified atom stereocenters. The third-order valence-corrected chi connectivity index (χ3v) is 5.47. The minimum atomic E-state index is -0.253. The fraction of sp³-hybridized carbons (Fsp3) is 0.167. The molecule has 0 aromatic heterocycles. The molecular weight excluding hydrogens is 324 g/mol. The van der Waals surface area contributed by atoms with Crippen molar-refractivity contribution in [2.24, 2.45) is 4.99 Å². The third kappa shape index (κ3) is 4.81. The number of hydrogen-bond donors (Lipinski definition) is 0. The minimum absolute atomic E-state index is 0.253. The van der Waals surface area contributed by atoms with E-state index in [-0.39, 0.29) is 5.37 Å². The van der Waals surface area contributed by atoms with E-state index in [0.717, 1.165) is 21.3 Å². The van der Waals surface area contributed by atoms with Gasteiger partial charge in [-0.3, -0.25) is 0 Å². The highest BCUT2D eigenvalue weighted by molar-refractivity contribution is 8.02. The Morgan fingerprint density at radius 3 is 2.13 bits per heavy atom. The van der Waals surface area contributed by atoms with Crippen LogP contribution in [0.25, 0.3) is 0 Å². The van der Waals surface area contributed by atoms with Gasteiger partial charge in [-0.1, -0.05) is 84.2 Å². The van der Waals surface area contributed by atoms with Crippen molar-refractivity contribution < 1.29 is 4.76 Å². The number of nitrogens with zero attached hydrogens (tertiary/aromatic N) is 2. The van der Waals surface area contributed by atoms with E-state index < -0.39 is 0 Å². The van der Waals surface area contributed by atoms with Crippen LogP contribution in [0.3, 0.4) is 0 Å². The molecule has 3 rings (SSSR count). The van der Waals surface area contributed by atoms with Gasteiger partial charge in [-0.2, -0.15) is 0 Å². The zero-order chi connectivity index (χ0) is 15.9. The van der Waals surface area contributed by atoms with Crippen LogP contribution in [0.2, 0.25) is 0 Å². The monoisotopic (exact) mass is 341 g/mol. The second-order valence-electron chi connectivity index (χ2n) is 5.07. The van der Waals surface area contributed by atoms with E-state index in [2.05, 4.69) is 29.3 Å². The zero-order valence-corrected chi connectivity index (χ0v) is 14.2. The third-order valence-electron chi connectivity index (χ3n) is 3.31. The maximum absolute atomic E-state index is 12.2. The van der Waals surface area contributed by atoms with Gasteiger partial charge in [-0.15, -0.1) is 0 Å². The van der Waals surface area contributed by atoms with Gasteiger partial charge in [0.2, 0.25) is 0 Å². The van der Waals surface area contributed by atoms with Crippen LogP contribution >= 0.6 is 23.5 Å². The molecule has 2 aromatic carbocycles. The van der Waals surface area contributed by atoms with Gasteiger partial charge in [0.25, 0.3) is 11.6 Å². The maximum atomic E-state index is 12.2. The van der Waals surface area contributed by atoms with E-state index in [1.165, 1.54) is 11.1 Å². The molecule has 3 nitrogen and oxygen atoms in total. The predicted molar refractivity (Wildman–Crippen MR) is 99.5 cm³/mol. The average molecular weight is 341 g/mol. The van der Waals surface area contributed by atoms with Gasteiger partial charge < -0.3 is 0 Å². The standard InChI is InChI=1S/C18H17N2OS2/c21-20-12-17(22-13-15-7-3-1-4-8-15)19-11-18(20)23-14-16-9-5-2-6-10-16/h1-12,18H,13-14H2/q+1. The highest BCUT2D eigenvalue weighted by atomic mass is 32.2. The molecule has 0 saturated carbocycles. The van der Waals surface area contributed by atoms with Gasteiger partial charge >= 0.3 is 0 Å². The second-order valence-corrected chi connectivity index (χ2v) is 7.17. The van der Waals surface area contributed by atoms with Crippen LogP contribution in [0.4, 0.5) is 0 Å². The molecule has 1 atom stereocenters. The lowest BCUT2D eigenvalue weighted by Crippen LogP contribution is -2.21. The first kappa shape index (κ1) is 16.0. The Morgan fingerprint density at radius 2 is 1.52 bits per heavy atom. The van der Waals surface area contributed by atoms with Crippen LogP contribution in [0.15, 0.2) is 76.9 Å². The number of aliphatic imine (C=N–C) groups is 1. The van der Waals surface area contributed by atoms with E-state index in [0.29, 0.717) is 0 Å².